The van der Waals surface area contributed by atoms with Crippen LogP contribution in [0.25, 0.3) is 0 Å². The van der Waals surface area contributed by atoms with E-state index in [0.29, 0.717) is 12.6 Å². The highest BCUT2D eigenvalue weighted by Gasteiger charge is 2.29. The first-order valence-corrected chi connectivity index (χ1v) is 5.79. The van der Waals surface area contributed by atoms with E-state index in [1.54, 1.807) is 0 Å². The van der Waals surface area contributed by atoms with E-state index in [1.165, 1.54) is 0 Å². The van der Waals surface area contributed by atoms with Gasteiger partial charge in [0, 0.05) is 24.7 Å². The van der Waals surface area contributed by atoms with Crippen LogP contribution in [0.2, 0.25) is 0 Å². The van der Waals surface area contributed by atoms with Crippen LogP contribution in [-0.2, 0) is 0 Å². The molecule has 1 saturated heterocycles. The molecule has 1 aliphatic heterocycles. The Hall–Kier alpha value is -0.770. The van der Waals surface area contributed by atoms with Gasteiger partial charge in [-0.2, -0.15) is 0 Å². The minimum atomic E-state index is -0.308. The molecule has 0 saturated carbocycles. The Labute approximate surface area is 92.2 Å². The number of carbonyl (C=O) groups is 1. The van der Waals surface area contributed by atoms with Crippen molar-refractivity contribution < 1.29 is 4.79 Å². The van der Waals surface area contributed by atoms with Crippen LogP contribution in [0.5, 0.6) is 0 Å². The van der Waals surface area contributed by atoms with Gasteiger partial charge in [-0.3, -0.25) is 0 Å². The Kier molecular flexibility index (Phi) is 3.97. The molecule has 1 fully saturated rings. The molecule has 4 heteroatoms. The van der Waals surface area contributed by atoms with Crippen LogP contribution >= 0.6 is 0 Å². The molecule has 1 unspecified atom stereocenters. The van der Waals surface area contributed by atoms with Gasteiger partial charge in [-0.05, 0) is 33.1 Å². The molecule has 1 atom stereocenters. The molecule has 88 valence electrons. The van der Waals surface area contributed by atoms with Crippen LogP contribution < -0.4 is 11.1 Å². The van der Waals surface area contributed by atoms with Crippen molar-refractivity contribution in [3.05, 3.63) is 0 Å². The molecule has 0 aliphatic carbocycles. The van der Waals surface area contributed by atoms with Crippen molar-refractivity contribution in [3.8, 4) is 0 Å². The van der Waals surface area contributed by atoms with E-state index in [-0.39, 0.29) is 11.6 Å². The fraction of sp³-hybridized carbons (Fsp3) is 0.909. The second kappa shape index (κ2) is 4.84. The fourth-order valence-corrected chi connectivity index (χ4v) is 1.94. The number of amides is 2. The molecule has 0 bridgehead atoms. The predicted octanol–water partition coefficient (Wildman–Crippen LogP) is 1.31. The van der Waals surface area contributed by atoms with Crippen molar-refractivity contribution in [2.75, 3.05) is 13.1 Å². The summed E-state index contributed by atoms with van der Waals surface area (Å²) in [5.41, 5.74) is 5.28. The van der Waals surface area contributed by atoms with E-state index >= 15 is 0 Å². The molecule has 4 nitrogen and oxygen atoms in total. The summed E-state index contributed by atoms with van der Waals surface area (Å²) in [4.78, 5) is 13.9. The van der Waals surface area contributed by atoms with Gasteiger partial charge in [-0.1, -0.05) is 6.92 Å². The highest BCUT2D eigenvalue weighted by Crippen LogP contribution is 2.20. The number of urea groups is 1. The van der Waals surface area contributed by atoms with Gasteiger partial charge < -0.3 is 16.0 Å². The lowest BCUT2D eigenvalue weighted by atomic mass is 10.1. The standard InChI is InChI=1S/C11H23N3O/c1-4-9-6-5-7-14(9)10(15)13-11(2,3)8-12/h9H,4-8,12H2,1-3H3,(H,13,15). The third kappa shape index (κ3) is 3.09. The predicted molar refractivity (Wildman–Crippen MR) is 61.7 cm³/mol. The van der Waals surface area contributed by atoms with Crippen LogP contribution in [0, 0.1) is 0 Å². The zero-order chi connectivity index (χ0) is 11.5. The number of likely N-dealkylation sites (tertiary alicyclic amines) is 1. The van der Waals surface area contributed by atoms with Gasteiger partial charge in [-0.15, -0.1) is 0 Å². The molecule has 1 aliphatic rings. The maximum absolute atomic E-state index is 11.9. The van der Waals surface area contributed by atoms with Crippen LogP contribution in [-0.4, -0.2) is 35.6 Å². The second-order valence-electron chi connectivity index (χ2n) is 4.92. The number of hydrogen-bond donors (Lipinski definition) is 2. The summed E-state index contributed by atoms with van der Waals surface area (Å²) in [7, 11) is 0. The minimum absolute atomic E-state index is 0.0369. The van der Waals surface area contributed by atoms with E-state index in [1.807, 2.05) is 18.7 Å². The van der Waals surface area contributed by atoms with E-state index in [4.69, 9.17) is 5.73 Å². The first-order chi connectivity index (χ1) is 7.00. The molecule has 0 spiro atoms. The van der Waals surface area contributed by atoms with Crippen LogP contribution in [0.15, 0.2) is 0 Å². The molecule has 0 radical (unpaired) electrons. The van der Waals surface area contributed by atoms with Crippen molar-refractivity contribution in [1.82, 2.24) is 10.2 Å². The summed E-state index contributed by atoms with van der Waals surface area (Å²) < 4.78 is 0. The lowest BCUT2D eigenvalue weighted by Crippen LogP contribution is -2.54. The number of nitrogens with two attached hydrogens (primary N) is 1. The van der Waals surface area contributed by atoms with Gasteiger partial charge in [0.2, 0.25) is 0 Å². The van der Waals surface area contributed by atoms with Crippen molar-refractivity contribution in [1.29, 1.82) is 0 Å². The normalized spacial score (nSPS) is 21.9. The molecule has 0 aromatic rings. The van der Waals surface area contributed by atoms with Crippen LogP contribution in [0.4, 0.5) is 4.79 Å². The maximum Gasteiger partial charge on any atom is 0.318 e. The van der Waals surface area contributed by atoms with Crippen LogP contribution in [0.3, 0.4) is 0 Å². The Bertz CT molecular complexity index is 228. The molecular weight excluding hydrogens is 190 g/mol. The van der Waals surface area contributed by atoms with Crippen LogP contribution in [0.1, 0.15) is 40.0 Å². The van der Waals surface area contributed by atoms with Gasteiger partial charge in [-0.25, -0.2) is 4.79 Å². The van der Waals surface area contributed by atoms with Crippen molar-refractivity contribution in [2.45, 2.75) is 51.6 Å². The van der Waals surface area contributed by atoms with E-state index < -0.39 is 0 Å². The topological polar surface area (TPSA) is 58.4 Å². The van der Waals surface area contributed by atoms with Gasteiger partial charge >= 0.3 is 6.03 Å². The van der Waals surface area contributed by atoms with Gasteiger partial charge in [0.05, 0.1) is 0 Å². The van der Waals surface area contributed by atoms with E-state index in [0.717, 1.165) is 25.8 Å². The average molecular weight is 213 g/mol. The maximum atomic E-state index is 11.9. The largest absolute Gasteiger partial charge is 0.332 e. The number of nitrogens with one attached hydrogen (secondary N) is 1. The Morgan fingerprint density at radius 2 is 2.27 bits per heavy atom. The molecule has 2 amide bonds. The van der Waals surface area contributed by atoms with Gasteiger partial charge in [0.15, 0.2) is 0 Å². The molecule has 3 N–H and O–H groups in total. The van der Waals surface area contributed by atoms with Gasteiger partial charge in [0.25, 0.3) is 0 Å². The Balaban J connectivity index is 2.53. The lowest BCUT2D eigenvalue weighted by Gasteiger charge is -2.30. The summed E-state index contributed by atoms with van der Waals surface area (Å²) >= 11 is 0. The van der Waals surface area contributed by atoms with E-state index in [2.05, 4.69) is 12.2 Å². The summed E-state index contributed by atoms with van der Waals surface area (Å²) in [6.45, 7) is 7.36. The number of nitrogens with zero attached hydrogens (tertiary/aromatic N) is 1. The van der Waals surface area contributed by atoms with Crippen molar-refractivity contribution in [3.63, 3.8) is 0 Å². The molecule has 0 aromatic heterocycles. The molecule has 1 rings (SSSR count). The summed E-state index contributed by atoms with van der Waals surface area (Å²) in [6.07, 6.45) is 3.29. The quantitative estimate of drug-likeness (QED) is 0.742. The molecule has 1 heterocycles. The second-order valence-corrected chi connectivity index (χ2v) is 4.92. The Morgan fingerprint density at radius 1 is 1.60 bits per heavy atom. The monoisotopic (exact) mass is 213 g/mol. The minimum Gasteiger partial charge on any atom is -0.332 e. The SMILES string of the molecule is CCC1CCCN1C(=O)NC(C)(C)CN. The van der Waals surface area contributed by atoms with Crippen molar-refractivity contribution in [2.24, 2.45) is 5.73 Å². The summed E-state index contributed by atoms with van der Waals surface area (Å²) in [5.74, 6) is 0. The first-order valence-electron chi connectivity index (χ1n) is 5.79. The highest BCUT2D eigenvalue weighted by atomic mass is 16.2. The Morgan fingerprint density at radius 3 is 2.80 bits per heavy atom. The summed E-state index contributed by atoms with van der Waals surface area (Å²) in [6, 6.07) is 0.452. The molecule has 15 heavy (non-hydrogen) atoms. The average Bonchev–Trinajstić information content (AvgIpc) is 2.64. The molecule has 0 aromatic carbocycles. The van der Waals surface area contributed by atoms with E-state index in [9.17, 15) is 4.79 Å². The fourth-order valence-electron chi connectivity index (χ4n) is 1.94. The zero-order valence-electron chi connectivity index (χ0n) is 10.0. The lowest BCUT2D eigenvalue weighted by molar-refractivity contribution is 0.181. The highest BCUT2D eigenvalue weighted by molar-refractivity contribution is 5.75. The smallest absolute Gasteiger partial charge is 0.318 e. The zero-order valence-corrected chi connectivity index (χ0v) is 10.0. The third-order valence-corrected chi connectivity index (χ3v) is 3.06. The number of carbonyl (C=O) groups excluding carboxylic acids is 1. The number of rotatable bonds is 3. The molecular formula is C11H23N3O. The van der Waals surface area contributed by atoms with Crippen molar-refractivity contribution >= 4 is 6.03 Å². The third-order valence-electron chi connectivity index (χ3n) is 3.06. The number of hydrogen-bond acceptors (Lipinski definition) is 2. The summed E-state index contributed by atoms with van der Waals surface area (Å²) in [5, 5.41) is 2.97. The first kappa shape index (κ1) is 12.3. The van der Waals surface area contributed by atoms with Gasteiger partial charge in [0.1, 0.15) is 0 Å².